The van der Waals surface area contributed by atoms with Crippen LogP contribution in [0, 0.1) is 5.92 Å². The predicted octanol–water partition coefficient (Wildman–Crippen LogP) is 1.57. The van der Waals surface area contributed by atoms with Gasteiger partial charge >= 0.3 is 0 Å². The summed E-state index contributed by atoms with van der Waals surface area (Å²) >= 11 is 0. The molecular formula is C10H14N2O2. The summed E-state index contributed by atoms with van der Waals surface area (Å²) in [5, 5.41) is 7.39. The van der Waals surface area contributed by atoms with Crippen LogP contribution in [0.15, 0.2) is 4.52 Å². The largest absolute Gasteiger partial charge is 0.373 e. The summed E-state index contributed by atoms with van der Waals surface area (Å²) in [7, 11) is 0. The zero-order valence-electron chi connectivity index (χ0n) is 8.08. The van der Waals surface area contributed by atoms with Gasteiger partial charge in [-0.3, -0.25) is 0 Å². The summed E-state index contributed by atoms with van der Waals surface area (Å²) < 4.78 is 10.5. The van der Waals surface area contributed by atoms with Crippen molar-refractivity contribution in [1.29, 1.82) is 0 Å². The van der Waals surface area contributed by atoms with Gasteiger partial charge in [-0.25, -0.2) is 0 Å². The fourth-order valence-corrected chi connectivity index (χ4v) is 1.76. The van der Waals surface area contributed by atoms with Crippen LogP contribution in [0.3, 0.4) is 0 Å². The van der Waals surface area contributed by atoms with Crippen LogP contribution >= 0.6 is 0 Å². The highest BCUT2D eigenvalue weighted by Gasteiger charge is 2.24. The second-order valence-corrected chi connectivity index (χ2v) is 4.06. The molecular weight excluding hydrogens is 180 g/mol. The molecule has 0 unspecified atom stereocenters. The second-order valence-electron chi connectivity index (χ2n) is 4.06. The first-order valence-corrected chi connectivity index (χ1v) is 5.22. The fraction of sp³-hybridized carbons (Fsp3) is 0.700. The van der Waals surface area contributed by atoms with Crippen molar-refractivity contribution in [3.63, 3.8) is 0 Å². The molecule has 1 fully saturated rings. The first-order chi connectivity index (χ1) is 6.93. The zero-order valence-corrected chi connectivity index (χ0v) is 8.08. The van der Waals surface area contributed by atoms with E-state index < -0.39 is 0 Å². The molecule has 0 radical (unpaired) electrons. The van der Waals surface area contributed by atoms with Crippen molar-refractivity contribution in [3.8, 4) is 0 Å². The van der Waals surface area contributed by atoms with E-state index in [4.69, 9.17) is 9.26 Å². The third-order valence-corrected chi connectivity index (χ3v) is 2.85. The lowest BCUT2D eigenvalue weighted by atomic mass is 10.1. The van der Waals surface area contributed by atoms with E-state index in [1.165, 1.54) is 18.4 Å². The Morgan fingerprint density at radius 1 is 1.43 bits per heavy atom. The van der Waals surface area contributed by atoms with Gasteiger partial charge in [0, 0.05) is 18.5 Å². The van der Waals surface area contributed by atoms with Gasteiger partial charge in [-0.1, -0.05) is 5.16 Å². The Morgan fingerprint density at radius 2 is 2.36 bits per heavy atom. The average molecular weight is 194 g/mol. The van der Waals surface area contributed by atoms with Crippen LogP contribution < -0.4 is 5.32 Å². The molecule has 1 aromatic rings. The molecule has 0 saturated heterocycles. The molecule has 1 aromatic heterocycles. The van der Waals surface area contributed by atoms with Gasteiger partial charge in [0.15, 0.2) is 11.6 Å². The summed E-state index contributed by atoms with van der Waals surface area (Å²) in [4.78, 5) is 0. The Bertz CT molecular complexity index is 331. The third kappa shape index (κ3) is 1.50. The monoisotopic (exact) mass is 194 g/mol. The minimum Gasteiger partial charge on any atom is -0.373 e. The van der Waals surface area contributed by atoms with Gasteiger partial charge in [0.05, 0.1) is 6.61 Å². The SMILES string of the molecule is C1Cc2c(NCC3CC3)noc2CO1. The summed E-state index contributed by atoms with van der Waals surface area (Å²) in [5.74, 6) is 2.70. The van der Waals surface area contributed by atoms with Gasteiger partial charge < -0.3 is 14.6 Å². The normalized spacial score (nSPS) is 20.6. The summed E-state index contributed by atoms with van der Waals surface area (Å²) in [6.07, 6.45) is 3.64. The van der Waals surface area contributed by atoms with Crippen molar-refractivity contribution in [3.05, 3.63) is 11.3 Å². The van der Waals surface area contributed by atoms with Gasteiger partial charge in [-0.15, -0.1) is 0 Å². The molecule has 4 nitrogen and oxygen atoms in total. The van der Waals surface area contributed by atoms with Crippen molar-refractivity contribution < 1.29 is 9.26 Å². The van der Waals surface area contributed by atoms with E-state index in [-0.39, 0.29) is 0 Å². The van der Waals surface area contributed by atoms with Crippen LogP contribution in [0.4, 0.5) is 5.82 Å². The van der Waals surface area contributed by atoms with Crippen molar-refractivity contribution in [2.75, 3.05) is 18.5 Å². The third-order valence-electron chi connectivity index (χ3n) is 2.85. The Kier molecular flexibility index (Phi) is 1.94. The molecule has 1 saturated carbocycles. The number of nitrogens with zero attached hydrogens (tertiary/aromatic N) is 1. The zero-order chi connectivity index (χ0) is 9.38. The Balaban J connectivity index is 1.72. The van der Waals surface area contributed by atoms with Gasteiger partial charge in [0.2, 0.25) is 0 Å². The van der Waals surface area contributed by atoms with Crippen molar-refractivity contribution in [1.82, 2.24) is 5.16 Å². The molecule has 2 heterocycles. The van der Waals surface area contributed by atoms with Crippen LogP contribution in [0.2, 0.25) is 0 Å². The van der Waals surface area contributed by atoms with Gasteiger partial charge in [-0.05, 0) is 18.8 Å². The molecule has 0 bridgehead atoms. The highest BCUT2D eigenvalue weighted by molar-refractivity contribution is 5.45. The first-order valence-electron chi connectivity index (χ1n) is 5.22. The second kappa shape index (κ2) is 3.28. The highest BCUT2D eigenvalue weighted by Crippen LogP contribution is 2.30. The highest BCUT2D eigenvalue weighted by atomic mass is 16.5. The smallest absolute Gasteiger partial charge is 0.173 e. The molecule has 4 heteroatoms. The lowest BCUT2D eigenvalue weighted by Crippen LogP contribution is -2.11. The maximum atomic E-state index is 5.29. The average Bonchev–Trinajstić information content (AvgIpc) is 2.96. The van der Waals surface area contributed by atoms with Crippen molar-refractivity contribution >= 4 is 5.82 Å². The fourth-order valence-electron chi connectivity index (χ4n) is 1.76. The topological polar surface area (TPSA) is 47.3 Å². The summed E-state index contributed by atoms with van der Waals surface area (Å²) in [5.41, 5.74) is 1.22. The number of hydrogen-bond donors (Lipinski definition) is 1. The number of aromatic nitrogens is 1. The molecule has 76 valence electrons. The lowest BCUT2D eigenvalue weighted by Gasteiger charge is -2.10. The van der Waals surface area contributed by atoms with Crippen molar-refractivity contribution in [2.24, 2.45) is 5.92 Å². The molecule has 3 rings (SSSR count). The van der Waals surface area contributed by atoms with E-state index in [1.807, 2.05) is 0 Å². The van der Waals surface area contributed by atoms with E-state index in [0.29, 0.717) is 6.61 Å². The minimum atomic E-state index is 0.577. The van der Waals surface area contributed by atoms with E-state index in [0.717, 1.165) is 37.1 Å². The van der Waals surface area contributed by atoms with E-state index in [9.17, 15) is 0 Å². The molecule has 14 heavy (non-hydrogen) atoms. The molecule has 0 aromatic carbocycles. The Labute approximate surface area is 82.6 Å². The predicted molar refractivity (Wildman–Crippen MR) is 51.1 cm³/mol. The van der Waals surface area contributed by atoms with Gasteiger partial charge in [0.25, 0.3) is 0 Å². The number of hydrogen-bond acceptors (Lipinski definition) is 4. The van der Waals surface area contributed by atoms with E-state index in [2.05, 4.69) is 10.5 Å². The number of ether oxygens (including phenoxy) is 1. The Morgan fingerprint density at radius 3 is 3.21 bits per heavy atom. The van der Waals surface area contributed by atoms with Gasteiger partial charge in [0.1, 0.15) is 6.61 Å². The lowest BCUT2D eigenvalue weighted by molar-refractivity contribution is 0.0894. The number of rotatable bonds is 3. The maximum absolute atomic E-state index is 5.29. The van der Waals surface area contributed by atoms with Crippen LogP contribution in [0.5, 0.6) is 0 Å². The number of fused-ring (bicyclic) bond motifs is 1. The molecule has 0 amide bonds. The quantitative estimate of drug-likeness (QED) is 0.793. The van der Waals surface area contributed by atoms with E-state index in [1.54, 1.807) is 0 Å². The van der Waals surface area contributed by atoms with E-state index >= 15 is 0 Å². The molecule has 1 aliphatic carbocycles. The minimum absolute atomic E-state index is 0.577. The molecule has 1 N–H and O–H groups in total. The Hall–Kier alpha value is -1.03. The van der Waals surface area contributed by atoms with Crippen LogP contribution in [-0.2, 0) is 17.8 Å². The summed E-state index contributed by atoms with van der Waals surface area (Å²) in [6.45, 7) is 2.40. The van der Waals surface area contributed by atoms with Crippen LogP contribution in [0.25, 0.3) is 0 Å². The maximum Gasteiger partial charge on any atom is 0.173 e. The van der Waals surface area contributed by atoms with Crippen LogP contribution in [0.1, 0.15) is 24.2 Å². The van der Waals surface area contributed by atoms with Crippen molar-refractivity contribution in [2.45, 2.75) is 25.9 Å². The first kappa shape index (κ1) is 8.29. The number of nitrogens with one attached hydrogen (secondary N) is 1. The number of anilines is 1. The summed E-state index contributed by atoms with van der Waals surface area (Å²) in [6, 6.07) is 0. The van der Waals surface area contributed by atoms with Gasteiger partial charge in [-0.2, -0.15) is 0 Å². The molecule has 2 aliphatic rings. The molecule has 0 spiro atoms. The van der Waals surface area contributed by atoms with Crippen LogP contribution in [-0.4, -0.2) is 18.3 Å². The molecule has 0 atom stereocenters. The molecule has 1 aliphatic heterocycles. The standard InChI is InChI=1S/C10H14N2O2/c1-2-7(1)5-11-10-8-3-4-13-6-9(8)14-12-10/h7H,1-6H2,(H,11,12).